The zero-order valence-corrected chi connectivity index (χ0v) is 35.8. The molecule has 0 radical (unpaired) electrons. The van der Waals surface area contributed by atoms with Crippen molar-refractivity contribution in [2.24, 2.45) is 0 Å². The average molecular weight is 784 g/mol. The van der Waals surface area contributed by atoms with Crippen molar-refractivity contribution < 1.29 is 0 Å². The van der Waals surface area contributed by atoms with E-state index in [1.54, 1.807) is 0 Å². The molecule has 0 N–H and O–H groups in total. The molecule has 4 aliphatic heterocycles. The largest absolute Gasteiger partial charge is 0.313 e. The molecular weight excluding hydrogens is 740 g/mol. The second-order valence-electron chi connectivity index (χ2n) is 18.9. The van der Waals surface area contributed by atoms with Crippen molar-refractivity contribution >= 4 is 94.8 Å². The van der Waals surface area contributed by atoms with Crippen molar-refractivity contribution in [2.45, 2.75) is 52.4 Å². The van der Waals surface area contributed by atoms with Crippen LogP contribution in [0.1, 0.15) is 61.1 Å². The Morgan fingerprint density at radius 2 is 0.983 bits per heavy atom. The lowest BCUT2D eigenvalue weighted by atomic mass is 9.26. The highest BCUT2D eigenvalue weighted by molar-refractivity contribution is 7.26. The van der Waals surface area contributed by atoms with Crippen LogP contribution in [0.4, 0.5) is 17.1 Å². The molecule has 0 aliphatic carbocycles. The Morgan fingerprint density at radius 1 is 0.467 bits per heavy atom. The van der Waals surface area contributed by atoms with Gasteiger partial charge in [-0.15, -0.1) is 11.3 Å². The lowest BCUT2D eigenvalue weighted by Crippen LogP contribution is -2.70. The molecule has 0 bridgehead atoms. The number of hydrogen-bond acceptors (Lipinski definition) is 2. The summed E-state index contributed by atoms with van der Waals surface area (Å²) < 4.78 is 2.70. The van der Waals surface area contributed by atoms with Crippen LogP contribution in [0.5, 0.6) is 0 Å². The van der Waals surface area contributed by atoms with Crippen molar-refractivity contribution in [2.75, 3.05) is 4.90 Å². The Balaban J connectivity index is 1.10. The van der Waals surface area contributed by atoms with Gasteiger partial charge in [-0.25, -0.2) is 0 Å². The third-order valence-electron chi connectivity index (χ3n) is 15.0. The Labute approximate surface area is 357 Å². The molecule has 1 aromatic heterocycles. The fourth-order valence-electron chi connectivity index (χ4n) is 12.7. The van der Waals surface area contributed by atoms with Gasteiger partial charge in [0, 0.05) is 48.1 Å². The first-order valence-electron chi connectivity index (χ1n) is 21.6. The zero-order chi connectivity index (χ0) is 40.4. The van der Waals surface area contributed by atoms with Gasteiger partial charge in [-0.05, 0) is 110 Å². The lowest BCUT2D eigenvalue weighted by molar-refractivity contribution is 0.640. The van der Waals surface area contributed by atoms with Gasteiger partial charge in [0.1, 0.15) is 0 Å². The molecule has 0 saturated heterocycles. The maximum absolute atomic E-state index is 2.70. The Morgan fingerprint density at radius 3 is 1.58 bits per heavy atom. The predicted octanol–water partition coefficient (Wildman–Crippen LogP) is 10.4. The van der Waals surface area contributed by atoms with Crippen LogP contribution in [-0.2, 0) is 10.8 Å². The van der Waals surface area contributed by atoms with E-state index in [0.717, 1.165) is 0 Å². The van der Waals surface area contributed by atoms with Crippen molar-refractivity contribution in [3.8, 4) is 22.3 Å². The number of fused-ring (bicyclic) bond motifs is 11. The van der Waals surface area contributed by atoms with Crippen LogP contribution in [0, 0.1) is 13.8 Å². The highest BCUT2D eigenvalue weighted by Crippen LogP contribution is 2.48. The van der Waals surface area contributed by atoms with Gasteiger partial charge in [-0.2, -0.15) is 0 Å². The van der Waals surface area contributed by atoms with E-state index in [0.29, 0.717) is 0 Å². The SMILES string of the molecule is Cc1ccc2c3c1C(C)(C)c1ccccc1B3c1cc(-c3ccc(-c4cccc5c4sc4ccccc45)cc3)cc3c1N2c1ccc(C)c2c1B3c1ccccc1C2(C)C. The Bertz CT molecular complexity index is 3230. The van der Waals surface area contributed by atoms with Crippen molar-refractivity contribution in [3.05, 3.63) is 185 Å². The summed E-state index contributed by atoms with van der Waals surface area (Å²) in [5.41, 5.74) is 26.1. The summed E-state index contributed by atoms with van der Waals surface area (Å²) in [6, 6.07) is 58.5. The summed E-state index contributed by atoms with van der Waals surface area (Å²) in [6.07, 6.45) is 0. The minimum Gasteiger partial charge on any atom is -0.313 e. The molecule has 1 nitrogen and oxygen atoms in total. The van der Waals surface area contributed by atoms with Gasteiger partial charge in [0.25, 0.3) is 0 Å². The summed E-state index contributed by atoms with van der Waals surface area (Å²) in [7, 11) is 0. The van der Waals surface area contributed by atoms with E-state index in [1.165, 1.54) is 126 Å². The number of rotatable bonds is 2. The quantitative estimate of drug-likeness (QED) is 0.158. The summed E-state index contributed by atoms with van der Waals surface area (Å²) in [5, 5.41) is 2.68. The second-order valence-corrected chi connectivity index (χ2v) is 19.9. The van der Waals surface area contributed by atoms with Crippen molar-refractivity contribution in [3.63, 3.8) is 0 Å². The smallest absolute Gasteiger partial charge is 0.247 e. The molecule has 5 heterocycles. The zero-order valence-electron chi connectivity index (χ0n) is 34.9. The van der Waals surface area contributed by atoms with E-state index in [9.17, 15) is 0 Å². The highest BCUT2D eigenvalue weighted by Gasteiger charge is 2.52. The van der Waals surface area contributed by atoms with Crippen LogP contribution in [0.25, 0.3) is 42.4 Å². The first-order chi connectivity index (χ1) is 29.1. The molecule has 0 saturated carbocycles. The van der Waals surface area contributed by atoms with Crippen LogP contribution in [0.2, 0.25) is 0 Å². The fraction of sp³-hybridized carbons (Fsp3) is 0.143. The molecule has 0 atom stereocenters. The van der Waals surface area contributed by atoms with E-state index < -0.39 is 0 Å². The monoisotopic (exact) mass is 783 g/mol. The third kappa shape index (κ3) is 4.30. The topological polar surface area (TPSA) is 3.24 Å². The van der Waals surface area contributed by atoms with Crippen LogP contribution in [0.15, 0.2) is 152 Å². The lowest BCUT2D eigenvalue weighted by Gasteiger charge is -2.51. The molecule has 4 aliphatic rings. The normalized spacial score (nSPS) is 15.7. The highest BCUT2D eigenvalue weighted by atomic mass is 32.1. The van der Waals surface area contributed by atoms with Gasteiger partial charge in [-0.3, -0.25) is 0 Å². The van der Waals surface area contributed by atoms with Crippen LogP contribution in [-0.4, -0.2) is 13.4 Å². The van der Waals surface area contributed by atoms with E-state index in [1.807, 2.05) is 11.3 Å². The first kappa shape index (κ1) is 34.7. The molecule has 60 heavy (non-hydrogen) atoms. The molecule has 0 amide bonds. The van der Waals surface area contributed by atoms with E-state index in [4.69, 9.17) is 0 Å². The molecule has 8 aromatic carbocycles. The molecule has 9 aromatic rings. The number of nitrogens with zero attached hydrogens (tertiary/aromatic N) is 1. The number of aryl methyl sites for hydroxylation is 2. The first-order valence-corrected chi connectivity index (χ1v) is 22.4. The second kappa shape index (κ2) is 11.8. The maximum Gasteiger partial charge on any atom is 0.247 e. The summed E-state index contributed by atoms with van der Waals surface area (Å²) >= 11 is 1.90. The summed E-state index contributed by atoms with van der Waals surface area (Å²) in [5.74, 6) is 0. The molecule has 0 unspecified atom stereocenters. The van der Waals surface area contributed by atoms with Gasteiger partial charge < -0.3 is 4.90 Å². The number of hydrogen-bond donors (Lipinski definition) is 0. The maximum atomic E-state index is 2.70. The molecule has 0 fully saturated rings. The molecule has 13 rings (SSSR count). The van der Waals surface area contributed by atoms with Crippen LogP contribution >= 0.6 is 11.3 Å². The minimum absolute atomic E-state index is 0.121. The van der Waals surface area contributed by atoms with Gasteiger partial charge in [0.2, 0.25) is 13.4 Å². The number of anilines is 3. The third-order valence-corrected chi connectivity index (χ3v) is 16.2. The minimum atomic E-state index is -0.139. The van der Waals surface area contributed by atoms with E-state index in [2.05, 4.69) is 198 Å². The molecular formula is C56H43B2NS. The average Bonchev–Trinajstić information content (AvgIpc) is 3.65. The van der Waals surface area contributed by atoms with Gasteiger partial charge in [-0.1, -0.05) is 172 Å². The molecule has 4 heteroatoms. The molecule has 284 valence electrons. The van der Waals surface area contributed by atoms with Gasteiger partial charge in [0.15, 0.2) is 0 Å². The van der Waals surface area contributed by atoms with Crippen LogP contribution < -0.4 is 37.7 Å². The Kier molecular flexibility index (Phi) is 6.83. The summed E-state index contributed by atoms with van der Waals surface area (Å²) in [4.78, 5) is 2.70. The Hall–Kier alpha value is -6.09. The number of thiophene rings is 1. The summed E-state index contributed by atoms with van der Waals surface area (Å²) in [6.45, 7) is 14.7. The van der Waals surface area contributed by atoms with Crippen molar-refractivity contribution in [1.82, 2.24) is 0 Å². The van der Waals surface area contributed by atoms with Gasteiger partial charge in [0.05, 0.1) is 0 Å². The standard InChI is InChI=1S/C56H43B2NS/c1-32-22-28-46-51-49(32)55(3,4)40-17-8-10-19-42(40)57(51)44-30-36(34-24-26-35(27-25-34)37-15-13-16-39-38-14-7-12-21-48(38)60-54(37)39)31-45-53(44)59(46)47-29-23-33(2)50-52(47)58(45)43-20-11-9-18-41(43)56(50,5)6/h7-31H,1-6H3. The number of benzene rings is 8. The van der Waals surface area contributed by atoms with E-state index >= 15 is 0 Å². The van der Waals surface area contributed by atoms with Crippen LogP contribution in [0.3, 0.4) is 0 Å². The predicted molar refractivity (Wildman–Crippen MR) is 261 cm³/mol. The van der Waals surface area contributed by atoms with Crippen molar-refractivity contribution in [1.29, 1.82) is 0 Å². The van der Waals surface area contributed by atoms with E-state index in [-0.39, 0.29) is 24.3 Å². The fourth-order valence-corrected chi connectivity index (χ4v) is 13.9. The van der Waals surface area contributed by atoms with Gasteiger partial charge >= 0.3 is 0 Å². The molecule has 0 spiro atoms.